The Balaban J connectivity index is 2.25. The molecule has 0 aliphatic carbocycles. The molecule has 0 saturated heterocycles. The number of primary amides is 1. The van der Waals surface area contributed by atoms with Crippen molar-refractivity contribution in [1.82, 2.24) is 9.55 Å². The summed E-state index contributed by atoms with van der Waals surface area (Å²) >= 11 is 0.884. The van der Waals surface area contributed by atoms with Gasteiger partial charge in [0.2, 0.25) is 5.91 Å². The Kier molecular flexibility index (Phi) is 5.65. The molecule has 11 heteroatoms. The maximum atomic E-state index is 13.3. The van der Waals surface area contributed by atoms with Crippen LogP contribution in [0.1, 0.15) is 46.0 Å². The molecule has 0 fully saturated rings. The van der Waals surface area contributed by atoms with Gasteiger partial charge in [0.05, 0.1) is 10.3 Å². The van der Waals surface area contributed by atoms with Crippen LogP contribution in [0, 0.1) is 17.0 Å². The lowest BCUT2D eigenvalue weighted by Gasteiger charge is -2.19. The van der Waals surface area contributed by atoms with E-state index in [1.165, 1.54) is 35.8 Å². The van der Waals surface area contributed by atoms with Crippen molar-refractivity contribution in [3.63, 3.8) is 0 Å². The lowest BCUT2D eigenvalue weighted by atomic mass is 10.1. The molecule has 0 spiro atoms. The summed E-state index contributed by atoms with van der Waals surface area (Å²) in [5.41, 5.74) is 5.81. The molecule has 30 heavy (non-hydrogen) atoms. The largest absolute Gasteiger partial charge is 0.477 e. The first-order chi connectivity index (χ1) is 14.1. The lowest BCUT2D eigenvalue weighted by molar-refractivity contribution is -0.384. The number of hydrogen-bond donors (Lipinski definition) is 2. The van der Waals surface area contributed by atoms with Crippen LogP contribution in [0.4, 0.5) is 5.69 Å². The Bertz CT molecular complexity index is 1230. The molecule has 0 aliphatic rings. The van der Waals surface area contributed by atoms with Crippen LogP contribution in [0.2, 0.25) is 0 Å². The molecule has 2 aromatic heterocycles. The average molecular weight is 430 g/mol. The molecule has 0 aliphatic heterocycles. The molecule has 1 aromatic carbocycles. The molecule has 10 nitrogen and oxygen atoms in total. The van der Waals surface area contributed by atoms with Crippen molar-refractivity contribution < 1.29 is 19.6 Å². The number of carbonyl (C=O) groups excluding carboxylic acids is 1. The van der Waals surface area contributed by atoms with Crippen molar-refractivity contribution in [3.05, 3.63) is 66.6 Å². The van der Waals surface area contributed by atoms with Gasteiger partial charge < -0.3 is 10.8 Å². The Morgan fingerprint density at radius 1 is 1.33 bits per heavy atom. The van der Waals surface area contributed by atoms with Crippen molar-refractivity contribution in [2.75, 3.05) is 0 Å². The summed E-state index contributed by atoms with van der Waals surface area (Å²) in [5.74, 6) is -1.65. The molecule has 1 unspecified atom stereocenters. The van der Waals surface area contributed by atoms with Crippen LogP contribution in [0.5, 0.6) is 0 Å². The number of hydrogen-bond acceptors (Lipinski definition) is 7. The molecule has 1 amide bonds. The van der Waals surface area contributed by atoms with Crippen LogP contribution >= 0.6 is 11.3 Å². The third-order valence-electron chi connectivity index (χ3n) is 4.80. The number of carboxylic acids is 1. The number of nitro benzene ring substituents is 1. The second-order valence-electron chi connectivity index (χ2n) is 6.67. The quantitative estimate of drug-likeness (QED) is 0.430. The number of fused-ring (bicyclic) bond motifs is 1. The molecular weight excluding hydrogens is 412 g/mol. The van der Waals surface area contributed by atoms with E-state index in [0.717, 1.165) is 11.3 Å². The SMILES string of the molecule is CCC(C(N)=O)n1c(Cc2ccc([N+](=O)[O-])cc2)nc2sc(C(=O)O)c(C)c2c1=O. The fourth-order valence-electron chi connectivity index (χ4n) is 3.32. The van der Waals surface area contributed by atoms with Crippen LogP contribution in [0.3, 0.4) is 0 Å². The monoisotopic (exact) mass is 430 g/mol. The van der Waals surface area contributed by atoms with Crippen LogP contribution < -0.4 is 11.3 Å². The summed E-state index contributed by atoms with van der Waals surface area (Å²) in [6.07, 6.45) is 0.344. The highest BCUT2D eigenvalue weighted by Crippen LogP contribution is 2.29. The fraction of sp³-hybridized carbons (Fsp3) is 0.263. The number of nitrogens with two attached hydrogens (primary N) is 1. The van der Waals surface area contributed by atoms with Crippen LogP contribution in [0.15, 0.2) is 29.1 Å². The number of non-ortho nitro benzene ring substituents is 1. The topological polar surface area (TPSA) is 158 Å². The van der Waals surface area contributed by atoms with E-state index >= 15 is 0 Å². The predicted molar refractivity (Wildman–Crippen MR) is 110 cm³/mol. The third-order valence-corrected chi connectivity index (χ3v) is 5.97. The molecule has 3 N–H and O–H groups in total. The predicted octanol–water partition coefficient (Wildman–Crippen LogP) is 2.40. The van der Waals surface area contributed by atoms with Gasteiger partial charge in [-0.3, -0.25) is 24.3 Å². The second-order valence-corrected chi connectivity index (χ2v) is 7.67. The number of amides is 1. The molecule has 1 atom stereocenters. The number of aryl methyl sites for hydroxylation is 1. The van der Waals surface area contributed by atoms with Gasteiger partial charge in [0, 0.05) is 18.6 Å². The fourth-order valence-corrected chi connectivity index (χ4v) is 4.35. The minimum atomic E-state index is -1.17. The van der Waals surface area contributed by atoms with Gasteiger partial charge >= 0.3 is 5.97 Å². The van der Waals surface area contributed by atoms with E-state index in [4.69, 9.17) is 5.73 Å². The van der Waals surface area contributed by atoms with Gasteiger partial charge in [0.1, 0.15) is 21.6 Å². The molecule has 3 aromatic rings. The summed E-state index contributed by atoms with van der Waals surface area (Å²) in [6.45, 7) is 3.22. The standard InChI is InChI=1S/C19H18N4O6S/c1-3-12(16(20)24)22-13(8-10-4-6-11(7-5-10)23(28)29)21-17-14(18(22)25)9(2)15(30-17)19(26)27/h4-7,12H,3,8H2,1-2H3,(H2,20,24)(H,26,27). The molecule has 3 rings (SSSR count). The number of carbonyl (C=O) groups is 2. The third kappa shape index (κ3) is 3.66. The van der Waals surface area contributed by atoms with Gasteiger partial charge in [-0.15, -0.1) is 11.3 Å². The van der Waals surface area contributed by atoms with Crippen molar-refractivity contribution in [3.8, 4) is 0 Å². The van der Waals surface area contributed by atoms with Crippen molar-refractivity contribution in [2.24, 2.45) is 5.73 Å². The maximum Gasteiger partial charge on any atom is 0.346 e. The van der Waals surface area contributed by atoms with Gasteiger partial charge in [0.25, 0.3) is 11.2 Å². The molecule has 0 radical (unpaired) electrons. The Morgan fingerprint density at radius 2 is 1.97 bits per heavy atom. The van der Waals surface area contributed by atoms with Crippen molar-refractivity contribution in [2.45, 2.75) is 32.7 Å². The highest BCUT2D eigenvalue weighted by atomic mass is 32.1. The maximum absolute atomic E-state index is 13.3. The number of nitrogens with zero attached hydrogens (tertiary/aromatic N) is 3. The number of aromatic carboxylic acids is 1. The van der Waals surface area contributed by atoms with Crippen LogP contribution in [0.25, 0.3) is 10.2 Å². The number of carboxylic acid groups (broad SMARTS) is 1. The van der Waals surface area contributed by atoms with E-state index in [1.54, 1.807) is 6.92 Å². The number of aromatic nitrogens is 2. The van der Waals surface area contributed by atoms with Gasteiger partial charge in [-0.05, 0) is 24.5 Å². The Labute approximate surface area is 173 Å². The number of thiophene rings is 1. The number of rotatable bonds is 7. The van der Waals surface area contributed by atoms with E-state index in [1.807, 2.05) is 0 Å². The van der Waals surface area contributed by atoms with Crippen molar-refractivity contribution >= 4 is 39.1 Å². The normalized spacial score (nSPS) is 12.1. The second kappa shape index (κ2) is 8.03. The van der Waals surface area contributed by atoms with Crippen LogP contribution in [-0.2, 0) is 11.2 Å². The van der Waals surface area contributed by atoms with Gasteiger partial charge in [-0.2, -0.15) is 0 Å². The first kappa shape index (κ1) is 21.1. The summed E-state index contributed by atoms with van der Waals surface area (Å²) in [6, 6.07) is 4.77. The highest BCUT2D eigenvalue weighted by molar-refractivity contribution is 7.20. The van der Waals surface area contributed by atoms with E-state index < -0.39 is 28.4 Å². The van der Waals surface area contributed by atoms with Crippen molar-refractivity contribution in [1.29, 1.82) is 0 Å². The van der Waals surface area contributed by atoms with Gasteiger partial charge in [-0.25, -0.2) is 9.78 Å². The molecule has 2 heterocycles. The smallest absolute Gasteiger partial charge is 0.346 e. The van der Waals surface area contributed by atoms with E-state index in [9.17, 15) is 29.6 Å². The van der Waals surface area contributed by atoms with E-state index in [-0.39, 0.29) is 45.0 Å². The average Bonchev–Trinajstić information content (AvgIpc) is 3.01. The molecule has 156 valence electrons. The molecule has 0 bridgehead atoms. The van der Waals surface area contributed by atoms with Gasteiger partial charge in [-0.1, -0.05) is 19.1 Å². The molecular formula is C19H18N4O6S. The zero-order valence-electron chi connectivity index (χ0n) is 16.1. The minimum Gasteiger partial charge on any atom is -0.477 e. The lowest BCUT2D eigenvalue weighted by Crippen LogP contribution is -2.36. The summed E-state index contributed by atoms with van der Waals surface area (Å²) in [7, 11) is 0. The summed E-state index contributed by atoms with van der Waals surface area (Å²) in [5, 5.41) is 20.4. The Hall–Kier alpha value is -3.60. The number of benzene rings is 1. The first-order valence-corrected chi connectivity index (χ1v) is 9.77. The van der Waals surface area contributed by atoms with Crippen LogP contribution in [-0.4, -0.2) is 31.5 Å². The summed E-state index contributed by atoms with van der Waals surface area (Å²) in [4.78, 5) is 51.9. The first-order valence-electron chi connectivity index (χ1n) is 8.96. The van der Waals surface area contributed by atoms with Gasteiger partial charge in [0.15, 0.2) is 0 Å². The Morgan fingerprint density at radius 3 is 2.47 bits per heavy atom. The van der Waals surface area contributed by atoms with E-state index in [0.29, 0.717) is 5.56 Å². The number of nitro groups is 1. The zero-order valence-corrected chi connectivity index (χ0v) is 16.9. The minimum absolute atomic E-state index is 0.000703. The highest BCUT2D eigenvalue weighted by Gasteiger charge is 2.26. The zero-order chi connectivity index (χ0) is 22.2. The molecule has 0 saturated carbocycles. The summed E-state index contributed by atoms with van der Waals surface area (Å²) < 4.78 is 1.21. The van der Waals surface area contributed by atoms with E-state index in [2.05, 4.69) is 4.98 Å².